The van der Waals surface area contributed by atoms with Crippen molar-refractivity contribution in [1.82, 2.24) is 15.5 Å². The highest BCUT2D eigenvalue weighted by molar-refractivity contribution is 7.80. The molecule has 0 radical (unpaired) electrons. The van der Waals surface area contributed by atoms with E-state index in [-0.39, 0.29) is 11.9 Å². The molecule has 166 valence electrons. The number of thiophene rings is 1. The molecule has 1 N–H and O–H groups in total. The molecule has 0 amide bonds. The lowest BCUT2D eigenvalue weighted by Gasteiger charge is -2.37. The van der Waals surface area contributed by atoms with Gasteiger partial charge in [0.05, 0.1) is 29.3 Å². The van der Waals surface area contributed by atoms with Crippen LogP contribution in [-0.4, -0.2) is 22.4 Å². The average molecular weight is 479 g/mol. The number of ether oxygens (including phenoxy) is 1. The summed E-state index contributed by atoms with van der Waals surface area (Å²) >= 11 is 7.23. The van der Waals surface area contributed by atoms with Gasteiger partial charge in [0.15, 0.2) is 5.11 Å². The summed E-state index contributed by atoms with van der Waals surface area (Å²) in [5.41, 5.74) is 3.08. The second-order valence-corrected chi connectivity index (χ2v) is 8.70. The molecule has 1 aliphatic heterocycles. The maximum Gasteiger partial charge on any atom is 0.258 e. The molecule has 2 aromatic carbocycles. The van der Waals surface area contributed by atoms with Crippen LogP contribution >= 0.6 is 23.6 Å². The van der Waals surface area contributed by atoms with Gasteiger partial charge in [0.2, 0.25) is 5.82 Å². The van der Waals surface area contributed by atoms with Crippen LogP contribution in [0.25, 0.3) is 16.3 Å². The summed E-state index contributed by atoms with van der Waals surface area (Å²) in [4.78, 5) is 7.36. The normalized spacial score (nSPS) is 16.2. The van der Waals surface area contributed by atoms with Gasteiger partial charge in [0, 0.05) is 5.70 Å². The van der Waals surface area contributed by atoms with Crippen molar-refractivity contribution in [3.63, 3.8) is 0 Å². The van der Waals surface area contributed by atoms with Gasteiger partial charge in [0.25, 0.3) is 5.89 Å². The zero-order chi connectivity index (χ0) is 22.9. The average Bonchev–Trinajstić information content (AvgIpc) is 3.51. The van der Waals surface area contributed by atoms with Crippen LogP contribution in [0.1, 0.15) is 24.4 Å². The van der Waals surface area contributed by atoms with E-state index in [4.69, 9.17) is 21.5 Å². The summed E-state index contributed by atoms with van der Waals surface area (Å²) in [7, 11) is 1.62. The number of aromatic nitrogens is 2. The minimum Gasteiger partial charge on any atom is -0.497 e. The molecule has 3 heterocycles. The summed E-state index contributed by atoms with van der Waals surface area (Å²) in [6.45, 7) is 1.92. The Balaban J connectivity index is 1.65. The predicted molar refractivity (Wildman–Crippen MR) is 131 cm³/mol. The second-order valence-electron chi connectivity index (χ2n) is 7.37. The van der Waals surface area contributed by atoms with E-state index in [1.54, 1.807) is 24.1 Å². The summed E-state index contributed by atoms with van der Waals surface area (Å²) in [5, 5.41) is 9.96. The molecule has 4 aromatic rings. The van der Waals surface area contributed by atoms with Crippen molar-refractivity contribution in [2.75, 3.05) is 12.0 Å². The van der Waals surface area contributed by atoms with Crippen molar-refractivity contribution in [1.29, 1.82) is 0 Å². The number of anilines is 1. The molecule has 1 atom stereocenters. The van der Waals surface area contributed by atoms with E-state index >= 15 is 0 Å². The number of nitrogens with one attached hydrogen (secondary N) is 1. The minimum atomic E-state index is -0.348. The third kappa shape index (κ3) is 4.01. The van der Waals surface area contributed by atoms with Crippen LogP contribution in [0.2, 0.25) is 0 Å². The highest BCUT2D eigenvalue weighted by Gasteiger charge is 2.35. The number of thiocarbonyl (C=S) groups is 1. The van der Waals surface area contributed by atoms with E-state index < -0.39 is 0 Å². The summed E-state index contributed by atoms with van der Waals surface area (Å²) in [5.74, 6) is 1.28. The number of hydrogen-bond donors (Lipinski definition) is 1. The predicted octanol–water partition coefficient (Wildman–Crippen LogP) is 5.81. The Morgan fingerprint density at radius 1 is 1.15 bits per heavy atom. The van der Waals surface area contributed by atoms with Crippen LogP contribution in [0.3, 0.4) is 0 Å². The van der Waals surface area contributed by atoms with Gasteiger partial charge in [-0.3, -0.25) is 4.90 Å². The van der Waals surface area contributed by atoms with Gasteiger partial charge >= 0.3 is 0 Å². The second kappa shape index (κ2) is 8.76. The van der Waals surface area contributed by atoms with Crippen molar-refractivity contribution in [3.05, 3.63) is 89.0 Å². The number of nitrogens with zero attached hydrogens (tertiary/aromatic N) is 3. The first-order valence-corrected chi connectivity index (χ1v) is 11.4. The Morgan fingerprint density at radius 2 is 1.97 bits per heavy atom. The molecule has 2 aromatic heterocycles. The molecule has 0 saturated heterocycles. The van der Waals surface area contributed by atoms with Crippen LogP contribution in [0.15, 0.2) is 76.3 Å². The van der Waals surface area contributed by atoms with E-state index in [0.717, 1.165) is 27.5 Å². The lowest BCUT2D eigenvalue weighted by Crippen LogP contribution is -2.46. The summed E-state index contributed by atoms with van der Waals surface area (Å²) in [6, 6.07) is 17.5. The monoisotopic (exact) mass is 478 g/mol. The molecular formula is C24H19FN4O2S2. The topological polar surface area (TPSA) is 63.4 Å². The van der Waals surface area contributed by atoms with Gasteiger partial charge in [-0.2, -0.15) is 4.98 Å². The molecule has 0 saturated carbocycles. The Labute approximate surface area is 199 Å². The molecule has 0 spiro atoms. The van der Waals surface area contributed by atoms with Crippen LogP contribution in [-0.2, 0) is 0 Å². The molecule has 1 aliphatic rings. The number of methoxy groups -OCH3 is 1. The quantitative estimate of drug-likeness (QED) is 0.363. The lowest BCUT2D eigenvalue weighted by molar-refractivity contribution is 0.404. The third-order valence-electron chi connectivity index (χ3n) is 5.40. The Hall–Kier alpha value is -3.56. The zero-order valence-corrected chi connectivity index (χ0v) is 19.4. The molecular weight excluding hydrogens is 459 g/mol. The van der Waals surface area contributed by atoms with Crippen molar-refractivity contribution < 1.29 is 13.7 Å². The number of rotatable bonds is 5. The SMILES string of the molecule is COc1ccc(C2NC(=S)N(c3cccc(F)c3)C(C)=C2c2nc(-c3cccs3)no2)cc1. The summed E-state index contributed by atoms with van der Waals surface area (Å²) < 4.78 is 25.0. The fraction of sp³-hybridized carbons (Fsp3) is 0.125. The van der Waals surface area contributed by atoms with Crippen molar-refractivity contribution in [3.8, 4) is 16.5 Å². The van der Waals surface area contributed by atoms with Gasteiger partial charge in [0.1, 0.15) is 11.6 Å². The molecule has 5 rings (SSSR count). The van der Waals surface area contributed by atoms with Crippen LogP contribution in [0.5, 0.6) is 5.75 Å². The fourth-order valence-electron chi connectivity index (χ4n) is 3.83. The van der Waals surface area contributed by atoms with Crippen LogP contribution in [0, 0.1) is 5.82 Å². The van der Waals surface area contributed by atoms with E-state index in [9.17, 15) is 4.39 Å². The maximum absolute atomic E-state index is 14.0. The zero-order valence-electron chi connectivity index (χ0n) is 17.8. The number of allylic oxidation sites excluding steroid dienone is 1. The van der Waals surface area contributed by atoms with Gasteiger partial charge in [-0.15, -0.1) is 11.3 Å². The third-order valence-corrected chi connectivity index (χ3v) is 6.56. The van der Waals surface area contributed by atoms with Gasteiger partial charge in [-0.05, 0) is 66.5 Å². The van der Waals surface area contributed by atoms with Gasteiger partial charge in [-0.1, -0.05) is 29.4 Å². The van der Waals surface area contributed by atoms with Crippen LogP contribution < -0.4 is 15.0 Å². The number of halogens is 1. The molecule has 1 unspecified atom stereocenters. The largest absolute Gasteiger partial charge is 0.497 e. The minimum absolute atomic E-state index is 0.343. The highest BCUT2D eigenvalue weighted by Crippen LogP contribution is 2.39. The standard InChI is InChI=1S/C24H19FN4O2S2/c1-14-20(23-27-22(28-31-23)19-7-4-12-33-19)21(15-8-10-18(30-2)11-9-15)26-24(32)29(14)17-6-3-5-16(25)13-17/h3-13,21H,1-2H3,(H,26,32). The van der Waals surface area contributed by atoms with Crippen molar-refractivity contribution >= 4 is 39.9 Å². The highest BCUT2D eigenvalue weighted by atomic mass is 32.1. The first-order chi connectivity index (χ1) is 16.0. The Bertz CT molecular complexity index is 1330. The van der Waals surface area contributed by atoms with E-state index in [0.29, 0.717) is 22.5 Å². The van der Waals surface area contributed by atoms with Crippen molar-refractivity contribution in [2.45, 2.75) is 13.0 Å². The molecule has 0 aliphatic carbocycles. The Kier molecular flexibility index (Phi) is 5.65. The van der Waals surface area contributed by atoms with Gasteiger partial charge in [-0.25, -0.2) is 4.39 Å². The first kappa shape index (κ1) is 21.3. The van der Waals surface area contributed by atoms with E-state index in [2.05, 4.69) is 15.5 Å². The molecule has 9 heteroatoms. The van der Waals surface area contributed by atoms with Crippen LogP contribution in [0.4, 0.5) is 10.1 Å². The Morgan fingerprint density at radius 3 is 2.67 bits per heavy atom. The van der Waals surface area contributed by atoms with Crippen molar-refractivity contribution in [2.24, 2.45) is 0 Å². The maximum atomic E-state index is 14.0. The number of benzene rings is 2. The fourth-order valence-corrected chi connectivity index (χ4v) is 4.84. The summed E-state index contributed by atoms with van der Waals surface area (Å²) in [6.07, 6.45) is 0. The van der Waals surface area contributed by atoms with E-state index in [1.165, 1.54) is 23.5 Å². The van der Waals surface area contributed by atoms with E-state index in [1.807, 2.05) is 48.7 Å². The van der Waals surface area contributed by atoms with Gasteiger partial charge < -0.3 is 14.6 Å². The smallest absolute Gasteiger partial charge is 0.258 e. The molecule has 6 nitrogen and oxygen atoms in total. The lowest BCUT2D eigenvalue weighted by atomic mass is 9.94. The molecule has 0 fully saturated rings. The molecule has 0 bridgehead atoms. The first-order valence-electron chi connectivity index (χ1n) is 10.1. The molecule has 33 heavy (non-hydrogen) atoms. The number of hydrogen-bond acceptors (Lipinski definition) is 6.